The molecule has 27 heavy (non-hydrogen) atoms. The SMILES string of the molecule is C#CCOC(=O)N(C)C(C(=O)N(C)C(C(=O)OCCCC)C(C)C)C(C)C. The summed E-state index contributed by atoms with van der Waals surface area (Å²) in [6.07, 6.45) is 6.11. The van der Waals surface area contributed by atoms with Crippen molar-refractivity contribution in [2.45, 2.75) is 59.5 Å². The number of likely N-dealkylation sites (N-methyl/N-ethyl adjacent to an activating group) is 2. The van der Waals surface area contributed by atoms with Gasteiger partial charge in [-0.1, -0.05) is 47.0 Å². The zero-order chi connectivity index (χ0) is 21.1. The normalized spacial score (nSPS) is 12.9. The molecule has 0 bridgehead atoms. The van der Waals surface area contributed by atoms with Crippen molar-refractivity contribution in [1.29, 1.82) is 0 Å². The van der Waals surface area contributed by atoms with Gasteiger partial charge in [0, 0.05) is 14.1 Å². The maximum absolute atomic E-state index is 13.1. The van der Waals surface area contributed by atoms with Crippen LogP contribution < -0.4 is 0 Å². The highest BCUT2D eigenvalue weighted by Crippen LogP contribution is 2.19. The largest absolute Gasteiger partial charge is 0.464 e. The van der Waals surface area contributed by atoms with Gasteiger partial charge in [-0.25, -0.2) is 9.59 Å². The summed E-state index contributed by atoms with van der Waals surface area (Å²) in [7, 11) is 3.04. The molecule has 2 atom stereocenters. The monoisotopic (exact) mass is 382 g/mol. The Kier molecular flexibility index (Phi) is 11.2. The summed E-state index contributed by atoms with van der Waals surface area (Å²) in [6.45, 7) is 9.51. The van der Waals surface area contributed by atoms with Gasteiger partial charge in [-0.3, -0.25) is 9.69 Å². The quantitative estimate of drug-likeness (QED) is 0.330. The summed E-state index contributed by atoms with van der Waals surface area (Å²) in [4.78, 5) is 40.3. The van der Waals surface area contributed by atoms with Crippen molar-refractivity contribution >= 4 is 18.0 Å². The predicted octanol–water partition coefficient (Wildman–Crippen LogP) is 2.54. The summed E-state index contributed by atoms with van der Waals surface area (Å²) in [5.41, 5.74) is 0. The van der Waals surface area contributed by atoms with Crippen LogP contribution in [0.5, 0.6) is 0 Å². The van der Waals surface area contributed by atoms with Crippen LogP contribution >= 0.6 is 0 Å². The third-order valence-corrected chi connectivity index (χ3v) is 4.25. The molecule has 2 unspecified atom stereocenters. The predicted molar refractivity (Wildman–Crippen MR) is 104 cm³/mol. The molecular formula is C20H34N2O5. The van der Waals surface area contributed by atoms with Crippen LogP contribution in [0.4, 0.5) is 4.79 Å². The van der Waals surface area contributed by atoms with E-state index in [1.165, 1.54) is 16.8 Å². The second kappa shape index (κ2) is 12.2. The smallest absolute Gasteiger partial charge is 0.411 e. The average molecular weight is 383 g/mol. The Morgan fingerprint density at radius 2 is 1.52 bits per heavy atom. The first-order chi connectivity index (χ1) is 12.6. The molecule has 154 valence electrons. The van der Waals surface area contributed by atoms with Crippen LogP contribution in [-0.2, 0) is 19.1 Å². The molecule has 0 saturated heterocycles. The number of carbonyl (C=O) groups is 3. The lowest BCUT2D eigenvalue weighted by molar-refractivity contribution is -0.158. The number of rotatable bonds is 10. The van der Waals surface area contributed by atoms with Gasteiger partial charge >= 0.3 is 12.1 Å². The van der Waals surface area contributed by atoms with Crippen molar-refractivity contribution in [3.05, 3.63) is 0 Å². The van der Waals surface area contributed by atoms with Crippen LogP contribution in [-0.4, -0.2) is 67.2 Å². The van der Waals surface area contributed by atoms with E-state index in [1.807, 2.05) is 34.6 Å². The number of esters is 1. The van der Waals surface area contributed by atoms with Crippen molar-refractivity contribution in [1.82, 2.24) is 9.80 Å². The lowest BCUT2D eigenvalue weighted by atomic mass is 9.98. The Hall–Kier alpha value is -2.23. The molecule has 0 radical (unpaired) electrons. The molecule has 0 spiro atoms. The highest BCUT2D eigenvalue weighted by atomic mass is 16.6. The maximum atomic E-state index is 13.1. The van der Waals surface area contributed by atoms with Crippen LogP contribution in [0.1, 0.15) is 47.5 Å². The van der Waals surface area contributed by atoms with Gasteiger partial charge in [0.15, 0.2) is 6.61 Å². The van der Waals surface area contributed by atoms with E-state index < -0.39 is 24.1 Å². The van der Waals surface area contributed by atoms with Gasteiger partial charge in [-0.15, -0.1) is 6.42 Å². The van der Waals surface area contributed by atoms with Gasteiger partial charge in [0.2, 0.25) is 5.91 Å². The van der Waals surface area contributed by atoms with Crippen molar-refractivity contribution in [2.75, 3.05) is 27.3 Å². The molecule has 0 saturated carbocycles. The fourth-order valence-electron chi connectivity index (χ4n) is 2.84. The number of terminal acetylenes is 1. The second-order valence-electron chi connectivity index (χ2n) is 7.22. The lowest BCUT2D eigenvalue weighted by Gasteiger charge is -2.36. The van der Waals surface area contributed by atoms with Gasteiger partial charge < -0.3 is 14.4 Å². The first kappa shape index (κ1) is 24.8. The molecule has 0 fully saturated rings. The van der Waals surface area contributed by atoms with Crippen LogP contribution in [0.2, 0.25) is 0 Å². The molecule has 2 amide bonds. The summed E-state index contributed by atoms with van der Waals surface area (Å²) in [5, 5.41) is 0. The Bertz CT molecular complexity index is 539. The summed E-state index contributed by atoms with van der Waals surface area (Å²) >= 11 is 0. The molecule has 0 aliphatic carbocycles. The fraction of sp³-hybridized carbons (Fsp3) is 0.750. The van der Waals surface area contributed by atoms with Gasteiger partial charge in [-0.05, 0) is 18.3 Å². The molecule has 0 rings (SSSR count). The number of amides is 2. The molecule has 0 N–H and O–H groups in total. The lowest BCUT2D eigenvalue weighted by Crippen LogP contribution is -2.56. The Labute approximate surface area is 163 Å². The summed E-state index contributed by atoms with van der Waals surface area (Å²) in [6, 6.07) is -1.52. The standard InChI is InChI=1S/C20H34N2O5/c1-9-11-13-26-19(24)17(15(5)6)21(7)18(23)16(14(3)4)22(8)20(25)27-12-10-2/h2,14-17H,9,11-13H2,1,3-8H3. The Morgan fingerprint density at radius 1 is 0.963 bits per heavy atom. The van der Waals surface area contributed by atoms with E-state index >= 15 is 0 Å². The molecule has 7 heteroatoms. The van der Waals surface area contributed by atoms with E-state index in [0.29, 0.717) is 6.61 Å². The topological polar surface area (TPSA) is 76.2 Å². The van der Waals surface area contributed by atoms with Crippen molar-refractivity contribution < 1.29 is 23.9 Å². The number of carbonyl (C=O) groups excluding carboxylic acids is 3. The highest BCUT2D eigenvalue weighted by molar-refractivity contribution is 5.89. The van der Waals surface area contributed by atoms with Crippen molar-refractivity contribution in [2.24, 2.45) is 11.8 Å². The summed E-state index contributed by atoms with van der Waals surface area (Å²) in [5.74, 6) is 1.11. The second-order valence-corrected chi connectivity index (χ2v) is 7.22. The maximum Gasteiger partial charge on any atom is 0.411 e. The summed E-state index contributed by atoms with van der Waals surface area (Å²) < 4.78 is 10.2. The minimum atomic E-state index is -0.787. The number of hydrogen-bond donors (Lipinski definition) is 0. The van der Waals surface area contributed by atoms with Gasteiger partial charge in [0.05, 0.1) is 6.61 Å². The van der Waals surface area contributed by atoms with Crippen LogP contribution in [0.25, 0.3) is 0 Å². The zero-order valence-corrected chi connectivity index (χ0v) is 17.7. The molecule has 0 aromatic carbocycles. The van der Waals surface area contributed by atoms with E-state index in [2.05, 4.69) is 5.92 Å². The van der Waals surface area contributed by atoms with Crippen molar-refractivity contribution in [3.63, 3.8) is 0 Å². The Morgan fingerprint density at radius 3 is 1.96 bits per heavy atom. The van der Waals surface area contributed by atoms with E-state index in [0.717, 1.165) is 12.8 Å². The molecule has 0 aromatic rings. The third-order valence-electron chi connectivity index (χ3n) is 4.25. The zero-order valence-electron chi connectivity index (χ0n) is 17.7. The first-order valence-corrected chi connectivity index (χ1v) is 9.36. The van der Waals surface area contributed by atoms with E-state index in [-0.39, 0.29) is 24.3 Å². The average Bonchev–Trinajstić information content (AvgIpc) is 2.59. The van der Waals surface area contributed by atoms with Crippen molar-refractivity contribution in [3.8, 4) is 12.3 Å². The number of nitrogens with zero attached hydrogens (tertiary/aromatic N) is 2. The van der Waals surface area contributed by atoms with E-state index in [4.69, 9.17) is 15.9 Å². The van der Waals surface area contributed by atoms with Gasteiger partial charge in [0.1, 0.15) is 12.1 Å². The van der Waals surface area contributed by atoms with E-state index in [1.54, 1.807) is 7.05 Å². The number of hydrogen-bond acceptors (Lipinski definition) is 5. The van der Waals surface area contributed by atoms with Crippen LogP contribution in [0, 0.1) is 24.2 Å². The molecule has 7 nitrogen and oxygen atoms in total. The molecule has 0 aliphatic heterocycles. The van der Waals surface area contributed by atoms with Gasteiger partial charge in [0.25, 0.3) is 0 Å². The number of ether oxygens (including phenoxy) is 2. The third kappa shape index (κ3) is 7.49. The Balaban J connectivity index is 5.40. The first-order valence-electron chi connectivity index (χ1n) is 9.36. The minimum absolute atomic E-state index is 0.139. The fourth-order valence-corrected chi connectivity index (χ4v) is 2.84. The molecule has 0 heterocycles. The molecular weight excluding hydrogens is 348 g/mol. The van der Waals surface area contributed by atoms with Crippen LogP contribution in [0.3, 0.4) is 0 Å². The molecule has 0 aliphatic rings. The molecule has 0 aromatic heterocycles. The van der Waals surface area contributed by atoms with Gasteiger partial charge in [-0.2, -0.15) is 0 Å². The highest BCUT2D eigenvalue weighted by Gasteiger charge is 2.38. The minimum Gasteiger partial charge on any atom is -0.464 e. The van der Waals surface area contributed by atoms with E-state index in [9.17, 15) is 14.4 Å². The van der Waals surface area contributed by atoms with Crippen LogP contribution in [0.15, 0.2) is 0 Å². The number of unbranched alkanes of at least 4 members (excludes halogenated alkanes) is 1.